The molecule has 2 heterocycles. The molecule has 2 unspecified atom stereocenters. The van der Waals surface area contributed by atoms with Gasteiger partial charge in [-0.3, -0.25) is 24.6 Å². The summed E-state index contributed by atoms with van der Waals surface area (Å²) in [4.78, 5) is 48.3. The molecule has 2 N–H and O–H groups in total. The summed E-state index contributed by atoms with van der Waals surface area (Å²) in [7, 11) is 1.50. The van der Waals surface area contributed by atoms with Gasteiger partial charge in [0, 0.05) is 19.2 Å². The lowest BCUT2D eigenvalue weighted by Gasteiger charge is -2.43. The zero-order valence-electron chi connectivity index (χ0n) is 16.1. The summed E-state index contributed by atoms with van der Waals surface area (Å²) in [5.41, 5.74) is 0.530. The maximum Gasteiger partial charge on any atom is 0.357 e. The molecular weight excluding hydrogens is 434 g/mol. The SMILES string of the molecule is CNC(=O)CSC1=C(C(=O)OCc2ccc([N+](=O)[O-])cc2)N2C(=O)C(C(C)O)[C@H]2S1. The topological polar surface area (TPSA) is 139 Å². The molecule has 2 amide bonds. The molecule has 1 aromatic carbocycles. The first kappa shape index (κ1) is 22.1. The fraction of sp³-hybridized carbons (Fsp3) is 0.389. The summed E-state index contributed by atoms with van der Waals surface area (Å²) in [5, 5.41) is 22.6. The van der Waals surface area contributed by atoms with Gasteiger partial charge in [0.15, 0.2) is 5.70 Å². The molecule has 10 nitrogen and oxygen atoms in total. The van der Waals surface area contributed by atoms with Gasteiger partial charge in [-0.2, -0.15) is 0 Å². The maximum atomic E-state index is 12.8. The van der Waals surface area contributed by atoms with Crippen molar-refractivity contribution in [3.8, 4) is 0 Å². The number of rotatable bonds is 8. The van der Waals surface area contributed by atoms with Crippen LogP contribution < -0.4 is 5.32 Å². The Morgan fingerprint density at radius 1 is 1.40 bits per heavy atom. The first-order chi connectivity index (χ1) is 14.2. The van der Waals surface area contributed by atoms with Crippen LogP contribution >= 0.6 is 23.5 Å². The minimum Gasteiger partial charge on any atom is -0.456 e. The van der Waals surface area contributed by atoms with Crippen molar-refractivity contribution in [2.24, 2.45) is 5.92 Å². The van der Waals surface area contributed by atoms with Crippen LogP contribution in [-0.2, 0) is 25.7 Å². The van der Waals surface area contributed by atoms with Crippen LogP contribution in [0.15, 0.2) is 34.2 Å². The number of amides is 2. The van der Waals surface area contributed by atoms with Crippen LogP contribution in [0.1, 0.15) is 12.5 Å². The number of fused-ring (bicyclic) bond motifs is 1. The molecule has 3 rings (SSSR count). The number of hydrogen-bond donors (Lipinski definition) is 2. The van der Waals surface area contributed by atoms with Crippen molar-refractivity contribution in [3.63, 3.8) is 0 Å². The monoisotopic (exact) mass is 453 g/mol. The molecule has 0 radical (unpaired) electrons. The highest BCUT2D eigenvalue weighted by Crippen LogP contribution is 2.53. The number of esters is 1. The van der Waals surface area contributed by atoms with Crippen LogP contribution in [0.5, 0.6) is 0 Å². The number of aliphatic hydroxyl groups excluding tert-OH is 1. The molecule has 160 valence electrons. The van der Waals surface area contributed by atoms with Crippen molar-refractivity contribution in [1.29, 1.82) is 0 Å². The molecule has 0 aliphatic carbocycles. The lowest BCUT2D eigenvalue weighted by Crippen LogP contribution is -2.60. The quantitative estimate of drug-likeness (QED) is 0.257. The van der Waals surface area contributed by atoms with E-state index in [9.17, 15) is 29.6 Å². The standard InChI is InChI=1S/C18H19N3O7S2/c1-9(22)13-15(24)20-14(18(30-16(13)20)29-8-12(23)19-2)17(25)28-7-10-3-5-11(6-4-10)21(26)27/h3-6,9,13,16,22H,7-8H2,1-2H3,(H,19,23)/t9?,13?,16-/m1/s1. The van der Waals surface area contributed by atoms with Gasteiger partial charge < -0.3 is 15.2 Å². The smallest absolute Gasteiger partial charge is 0.357 e. The number of hydrogen-bond acceptors (Lipinski definition) is 9. The maximum absolute atomic E-state index is 12.8. The van der Waals surface area contributed by atoms with Crippen LogP contribution in [0, 0.1) is 16.0 Å². The third-order valence-electron chi connectivity index (χ3n) is 4.59. The van der Waals surface area contributed by atoms with Crippen LogP contribution in [-0.4, -0.2) is 57.0 Å². The lowest BCUT2D eigenvalue weighted by atomic mass is 9.92. The van der Waals surface area contributed by atoms with Crippen molar-refractivity contribution in [3.05, 3.63) is 49.9 Å². The highest BCUT2D eigenvalue weighted by Gasteiger charge is 2.58. The Labute approximate surface area is 180 Å². The molecule has 0 bridgehead atoms. The van der Waals surface area contributed by atoms with E-state index in [2.05, 4.69) is 5.32 Å². The molecule has 1 aromatic rings. The Morgan fingerprint density at radius 2 is 2.07 bits per heavy atom. The number of non-ortho nitro benzene ring substituents is 1. The molecule has 2 aliphatic heterocycles. The normalized spacial score (nSPS) is 21.0. The van der Waals surface area contributed by atoms with Crippen molar-refractivity contribution in [2.75, 3.05) is 12.8 Å². The number of nitro groups is 1. The Kier molecular flexibility index (Phi) is 6.68. The summed E-state index contributed by atoms with van der Waals surface area (Å²) in [6.45, 7) is 1.38. The number of carbonyl (C=O) groups is 3. The number of nitro benzene ring substituents is 1. The van der Waals surface area contributed by atoms with Gasteiger partial charge in [-0.05, 0) is 24.6 Å². The van der Waals surface area contributed by atoms with Crippen molar-refractivity contribution < 1.29 is 29.2 Å². The fourth-order valence-electron chi connectivity index (χ4n) is 2.98. The number of nitrogens with one attached hydrogen (secondary N) is 1. The summed E-state index contributed by atoms with van der Waals surface area (Å²) in [6, 6.07) is 5.57. The van der Waals surface area contributed by atoms with Crippen molar-refractivity contribution in [2.45, 2.75) is 25.0 Å². The Hall–Kier alpha value is -2.57. The molecule has 0 aromatic heterocycles. The van der Waals surface area contributed by atoms with Gasteiger partial charge >= 0.3 is 5.97 Å². The highest BCUT2D eigenvalue weighted by molar-refractivity contribution is 8.23. The molecule has 3 atom stereocenters. The first-order valence-electron chi connectivity index (χ1n) is 8.90. The van der Waals surface area contributed by atoms with Crippen molar-refractivity contribution in [1.82, 2.24) is 10.2 Å². The van der Waals surface area contributed by atoms with Crippen LogP contribution in [0.25, 0.3) is 0 Å². The van der Waals surface area contributed by atoms with Crippen LogP contribution in [0.3, 0.4) is 0 Å². The lowest BCUT2D eigenvalue weighted by molar-refractivity contribution is -0.384. The molecule has 0 spiro atoms. The van der Waals surface area contributed by atoms with Gasteiger partial charge in [-0.1, -0.05) is 11.8 Å². The molecular formula is C18H19N3O7S2. The van der Waals surface area contributed by atoms with Gasteiger partial charge in [0.1, 0.15) is 12.0 Å². The number of carbonyl (C=O) groups excluding carboxylic acids is 3. The van der Waals surface area contributed by atoms with E-state index in [4.69, 9.17) is 4.74 Å². The molecule has 2 aliphatic rings. The average molecular weight is 453 g/mol. The second-order valence-electron chi connectivity index (χ2n) is 6.58. The predicted octanol–water partition coefficient (Wildman–Crippen LogP) is 1.20. The predicted molar refractivity (Wildman–Crippen MR) is 110 cm³/mol. The molecule has 0 saturated carbocycles. The van der Waals surface area contributed by atoms with E-state index in [1.54, 1.807) is 0 Å². The number of aliphatic hydroxyl groups is 1. The number of β-lactam (4-membered cyclic amide) rings is 1. The minimum atomic E-state index is -0.869. The Bertz CT molecular complexity index is 917. The average Bonchev–Trinajstić information content (AvgIpc) is 3.04. The molecule has 1 saturated heterocycles. The summed E-state index contributed by atoms with van der Waals surface area (Å²) >= 11 is 2.37. The Morgan fingerprint density at radius 3 is 2.63 bits per heavy atom. The molecule has 12 heteroatoms. The van der Waals surface area contributed by atoms with E-state index in [-0.39, 0.29) is 35.6 Å². The second-order valence-corrected chi connectivity index (χ2v) is 8.95. The van der Waals surface area contributed by atoms with Gasteiger partial charge in [0.25, 0.3) is 5.69 Å². The number of ether oxygens (including phenoxy) is 1. The van der Waals surface area contributed by atoms with Gasteiger partial charge in [-0.25, -0.2) is 4.79 Å². The third-order valence-corrected chi connectivity index (χ3v) is 7.25. The zero-order valence-corrected chi connectivity index (χ0v) is 17.7. The fourth-order valence-corrected chi connectivity index (χ4v) is 5.76. The van der Waals surface area contributed by atoms with Gasteiger partial charge in [0.2, 0.25) is 11.8 Å². The summed E-state index contributed by atoms with van der Waals surface area (Å²) in [5.74, 6) is -1.92. The van der Waals surface area contributed by atoms with E-state index in [0.717, 1.165) is 11.8 Å². The van der Waals surface area contributed by atoms with E-state index in [0.29, 0.717) is 9.80 Å². The van der Waals surface area contributed by atoms with E-state index < -0.39 is 28.3 Å². The van der Waals surface area contributed by atoms with Crippen LogP contribution in [0.4, 0.5) is 5.69 Å². The van der Waals surface area contributed by atoms with E-state index >= 15 is 0 Å². The Balaban J connectivity index is 1.74. The van der Waals surface area contributed by atoms with Crippen molar-refractivity contribution >= 4 is 47.0 Å². The molecule has 1 fully saturated rings. The first-order valence-corrected chi connectivity index (χ1v) is 10.8. The van der Waals surface area contributed by atoms with Gasteiger partial charge in [0.05, 0.1) is 26.9 Å². The molecule has 30 heavy (non-hydrogen) atoms. The second kappa shape index (κ2) is 9.06. The highest BCUT2D eigenvalue weighted by atomic mass is 32.2. The van der Waals surface area contributed by atoms with Gasteiger partial charge in [-0.15, -0.1) is 11.8 Å². The van der Waals surface area contributed by atoms with Crippen LogP contribution in [0.2, 0.25) is 0 Å². The minimum absolute atomic E-state index is 0.0581. The largest absolute Gasteiger partial charge is 0.456 e. The number of benzene rings is 1. The van der Waals surface area contributed by atoms with E-state index in [1.807, 2.05) is 0 Å². The summed E-state index contributed by atoms with van der Waals surface area (Å²) in [6.07, 6.45) is -0.869. The summed E-state index contributed by atoms with van der Waals surface area (Å²) < 4.78 is 5.80. The zero-order chi connectivity index (χ0) is 22.0. The number of thioether (sulfide) groups is 2. The number of nitrogens with zero attached hydrogens (tertiary/aromatic N) is 2. The van der Waals surface area contributed by atoms with E-state index in [1.165, 1.54) is 54.9 Å². The third kappa shape index (κ3) is 4.30.